The Morgan fingerprint density at radius 3 is 2.23 bits per heavy atom. The zero-order valence-electron chi connectivity index (χ0n) is 13.1. The van der Waals surface area contributed by atoms with Gasteiger partial charge in [-0.3, -0.25) is 4.79 Å². The first-order valence-corrected chi connectivity index (χ1v) is 7.59. The van der Waals surface area contributed by atoms with Crippen molar-refractivity contribution in [3.05, 3.63) is 65.7 Å². The Labute approximate surface area is 131 Å². The molecule has 0 spiro atoms. The van der Waals surface area contributed by atoms with Crippen molar-refractivity contribution in [2.75, 3.05) is 13.7 Å². The Morgan fingerprint density at radius 1 is 1.00 bits per heavy atom. The summed E-state index contributed by atoms with van der Waals surface area (Å²) in [5.74, 6) is 0.870. The molecule has 0 amide bonds. The molecule has 116 valence electrons. The molecule has 2 aromatic rings. The summed E-state index contributed by atoms with van der Waals surface area (Å²) in [7, 11) is 1.66. The number of rotatable bonds is 7. The topological polar surface area (TPSA) is 35.5 Å². The summed E-state index contributed by atoms with van der Waals surface area (Å²) in [6.45, 7) is 2.26. The van der Waals surface area contributed by atoms with Crippen LogP contribution in [0.5, 0.6) is 5.75 Å². The Morgan fingerprint density at radius 2 is 1.64 bits per heavy atom. The van der Waals surface area contributed by atoms with Crippen molar-refractivity contribution in [1.82, 2.24) is 0 Å². The molecular weight excluding hydrogens is 276 g/mol. The van der Waals surface area contributed by atoms with Crippen LogP contribution in [0.15, 0.2) is 54.6 Å². The zero-order valence-corrected chi connectivity index (χ0v) is 13.1. The smallest absolute Gasteiger partial charge is 0.305 e. The summed E-state index contributed by atoms with van der Waals surface area (Å²) in [6, 6.07) is 18.3. The van der Waals surface area contributed by atoms with Gasteiger partial charge in [0.2, 0.25) is 0 Å². The molecule has 2 aromatic carbocycles. The fraction of sp³-hybridized carbons (Fsp3) is 0.316. The third-order valence-corrected chi connectivity index (χ3v) is 3.66. The Hall–Kier alpha value is -2.29. The van der Waals surface area contributed by atoms with Crippen LogP contribution in [0.1, 0.15) is 36.8 Å². The van der Waals surface area contributed by atoms with Gasteiger partial charge in [0.15, 0.2) is 0 Å². The lowest BCUT2D eigenvalue weighted by Gasteiger charge is -2.18. The highest BCUT2D eigenvalue weighted by molar-refractivity contribution is 5.69. The van der Waals surface area contributed by atoms with Crippen LogP contribution in [0, 0.1) is 0 Å². The molecule has 0 aliphatic heterocycles. The van der Waals surface area contributed by atoms with Crippen LogP contribution in [-0.2, 0) is 9.53 Å². The maximum Gasteiger partial charge on any atom is 0.305 e. The molecule has 0 aliphatic rings. The summed E-state index contributed by atoms with van der Waals surface area (Å²) in [4.78, 5) is 11.7. The number of hydrogen-bond acceptors (Lipinski definition) is 3. The van der Waals surface area contributed by atoms with Crippen LogP contribution in [0.2, 0.25) is 0 Å². The molecule has 0 bridgehead atoms. The van der Waals surface area contributed by atoms with E-state index in [1.54, 1.807) is 7.11 Å². The Kier molecular flexibility index (Phi) is 6.01. The van der Waals surface area contributed by atoms with Crippen molar-refractivity contribution in [3.8, 4) is 5.75 Å². The fourth-order valence-corrected chi connectivity index (χ4v) is 2.54. The van der Waals surface area contributed by atoms with E-state index in [0.29, 0.717) is 13.0 Å². The molecular formula is C19H22O3. The molecule has 3 heteroatoms. The summed E-state index contributed by atoms with van der Waals surface area (Å²) in [5, 5.41) is 0. The summed E-state index contributed by atoms with van der Waals surface area (Å²) in [6.07, 6.45) is 1.15. The molecule has 0 N–H and O–H groups in total. The largest absolute Gasteiger partial charge is 0.497 e. The van der Waals surface area contributed by atoms with Crippen LogP contribution < -0.4 is 4.74 Å². The number of hydrogen-bond donors (Lipinski definition) is 0. The van der Waals surface area contributed by atoms with Gasteiger partial charge >= 0.3 is 5.97 Å². The van der Waals surface area contributed by atoms with E-state index in [0.717, 1.165) is 12.2 Å². The molecule has 0 radical (unpaired) electrons. The molecule has 0 unspecified atom stereocenters. The van der Waals surface area contributed by atoms with Crippen LogP contribution in [0.3, 0.4) is 0 Å². The van der Waals surface area contributed by atoms with Crippen LogP contribution in [0.4, 0.5) is 0 Å². The van der Waals surface area contributed by atoms with Crippen molar-refractivity contribution in [2.45, 2.75) is 25.7 Å². The highest BCUT2D eigenvalue weighted by Crippen LogP contribution is 2.30. The van der Waals surface area contributed by atoms with Crippen LogP contribution >= 0.6 is 0 Å². The second kappa shape index (κ2) is 8.23. The first-order chi connectivity index (χ1) is 10.7. The third-order valence-electron chi connectivity index (χ3n) is 3.66. The first kappa shape index (κ1) is 16.1. The molecule has 0 saturated carbocycles. The van der Waals surface area contributed by atoms with E-state index < -0.39 is 0 Å². The number of carbonyl (C=O) groups is 1. The van der Waals surface area contributed by atoms with E-state index in [9.17, 15) is 4.79 Å². The van der Waals surface area contributed by atoms with E-state index in [-0.39, 0.29) is 11.9 Å². The van der Waals surface area contributed by atoms with Crippen molar-refractivity contribution >= 4 is 5.97 Å². The highest BCUT2D eigenvalue weighted by Gasteiger charge is 2.16. The summed E-state index contributed by atoms with van der Waals surface area (Å²) in [5.41, 5.74) is 2.38. The van der Waals surface area contributed by atoms with Crippen LogP contribution in [0.25, 0.3) is 0 Å². The molecule has 3 nitrogen and oxygen atoms in total. The number of esters is 1. The molecule has 1 atom stereocenters. The quantitative estimate of drug-likeness (QED) is 0.720. The van der Waals surface area contributed by atoms with Crippen LogP contribution in [-0.4, -0.2) is 19.7 Å². The van der Waals surface area contributed by atoms with Gasteiger partial charge in [-0.1, -0.05) is 42.5 Å². The molecule has 0 saturated heterocycles. The standard InChI is InChI=1S/C19H22O3/c1-3-22-19(20)14-13-18(15-7-5-4-6-8-15)16-9-11-17(21-2)12-10-16/h4-12,18H,3,13-14H2,1-2H3/t18-/m0/s1. The maximum atomic E-state index is 11.7. The van der Waals surface area contributed by atoms with E-state index in [1.807, 2.05) is 37.3 Å². The number of ether oxygens (including phenoxy) is 2. The van der Waals surface area contributed by atoms with E-state index in [2.05, 4.69) is 24.3 Å². The van der Waals surface area contributed by atoms with E-state index in [1.165, 1.54) is 11.1 Å². The molecule has 0 heterocycles. The number of carbonyl (C=O) groups excluding carboxylic acids is 1. The third kappa shape index (κ3) is 4.35. The summed E-state index contributed by atoms with van der Waals surface area (Å²) >= 11 is 0. The van der Waals surface area contributed by atoms with Crippen molar-refractivity contribution in [1.29, 1.82) is 0 Å². The molecule has 0 aromatic heterocycles. The fourth-order valence-electron chi connectivity index (χ4n) is 2.54. The van der Waals surface area contributed by atoms with E-state index in [4.69, 9.17) is 9.47 Å². The average Bonchev–Trinajstić information content (AvgIpc) is 2.57. The minimum Gasteiger partial charge on any atom is -0.497 e. The Bertz CT molecular complexity index is 575. The molecule has 0 fully saturated rings. The molecule has 2 rings (SSSR count). The van der Waals surface area contributed by atoms with Gasteiger partial charge in [-0.25, -0.2) is 0 Å². The number of methoxy groups -OCH3 is 1. The molecule has 0 aliphatic carbocycles. The summed E-state index contributed by atoms with van der Waals surface area (Å²) < 4.78 is 10.3. The zero-order chi connectivity index (χ0) is 15.8. The predicted molar refractivity (Wildman–Crippen MR) is 87.1 cm³/mol. The number of benzene rings is 2. The highest BCUT2D eigenvalue weighted by atomic mass is 16.5. The molecule has 22 heavy (non-hydrogen) atoms. The van der Waals surface area contributed by atoms with Crippen molar-refractivity contribution in [2.24, 2.45) is 0 Å². The second-order valence-electron chi connectivity index (χ2n) is 5.08. The second-order valence-corrected chi connectivity index (χ2v) is 5.08. The SMILES string of the molecule is CCOC(=O)CC[C@@H](c1ccccc1)c1ccc(OC)cc1. The lowest BCUT2D eigenvalue weighted by Crippen LogP contribution is -2.08. The first-order valence-electron chi connectivity index (χ1n) is 7.59. The lowest BCUT2D eigenvalue weighted by molar-refractivity contribution is -0.143. The van der Waals surface area contributed by atoms with Gasteiger partial charge < -0.3 is 9.47 Å². The van der Waals surface area contributed by atoms with Gasteiger partial charge in [-0.2, -0.15) is 0 Å². The van der Waals surface area contributed by atoms with Gasteiger partial charge in [0.05, 0.1) is 13.7 Å². The maximum absolute atomic E-state index is 11.7. The van der Waals surface area contributed by atoms with Gasteiger partial charge in [0, 0.05) is 12.3 Å². The van der Waals surface area contributed by atoms with Gasteiger partial charge in [-0.05, 0) is 36.6 Å². The Balaban J connectivity index is 2.19. The normalized spacial score (nSPS) is 11.7. The van der Waals surface area contributed by atoms with Gasteiger partial charge in [-0.15, -0.1) is 0 Å². The minimum atomic E-state index is -0.142. The van der Waals surface area contributed by atoms with E-state index >= 15 is 0 Å². The van der Waals surface area contributed by atoms with Gasteiger partial charge in [0.25, 0.3) is 0 Å². The average molecular weight is 298 g/mol. The monoisotopic (exact) mass is 298 g/mol. The van der Waals surface area contributed by atoms with Gasteiger partial charge in [0.1, 0.15) is 5.75 Å². The lowest BCUT2D eigenvalue weighted by atomic mass is 9.87. The van der Waals surface area contributed by atoms with Crippen molar-refractivity contribution in [3.63, 3.8) is 0 Å². The van der Waals surface area contributed by atoms with Crippen molar-refractivity contribution < 1.29 is 14.3 Å². The minimum absolute atomic E-state index is 0.142. The predicted octanol–water partition coefficient (Wildman–Crippen LogP) is 4.17.